The highest BCUT2D eigenvalue weighted by molar-refractivity contribution is 7.87. The predicted octanol–water partition coefficient (Wildman–Crippen LogP) is 0.358. The molecule has 11 heavy (non-hydrogen) atoms. The summed E-state index contributed by atoms with van der Waals surface area (Å²) in [5.41, 5.74) is 0. The third kappa shape index (κ3) is 6.28. The topological polar surface area (TPSA) is 72.2 Å². The lowest BCUT2D eigenvalue weighted by Gasteiger charge is -2.13. The first kappa shape index (κ1) is 10.9. The summed E-state index contributed by atoms with van der Waals surface area (Å²) >= 11 is 0. The largest absolute Gasteiger partial charge is 0.274 e. The van der Waals surface area contributed by atoms with Gasteiger partial charge >= 0.3 is 0 Å². The molecule has 0 bridgehead atoms. The van der Waals surface area contributed by atoms with Crippen molar-refractivity contribution in [2.75, 3.05) is 0 Å². The van der Waals surface area contributed by atoms with Crippen molar-refractivity contribution < 1.29 is 8.42 Å². The first-order chi connectivity index (χ1) is 4.99. The zero-order valence-corrected chi connectivity index (χ0v) is 7.82. The molecular weight excluding hydrogens is 164 g/mol. The summed E-state index contributed by atoms with van der Waals surface area (Å²) in [6, 6.07) is -0.00463. The molecule has 0 radical (unpaired) electrons. The Labute approximate surface area is 68.3 Å². The Balaban J connectivity index is 3.88. The zero-order chi connectivity index (χ0) is 8.91. The molecule has 0 fully saturated rings. The molecular formula is C6H16N2O2S. The zero-order valence-electron chi connectivity index (χ0n) is 7.00. The van der Waals surface area contributed by atoms with Gasteiger partial charge in [0.05, 0.1) is 0 Å². The summed E-state index contributed by atoms with van der Waals surface area (Å²) < 4.78 is 23.4. The molecule has 0 saturated heterocycles. The smallest absolute Gasteiger partial charge is 0.216 e. The lowest BCUT2D eigenvalue weighted by atomic mass is 10.1. The summed E-state index contributed by atoms with van der Waals surface area (Å²) in [6.45, 7) is 3.94. The first-order valence-electron chi connectivity index (χ1n) is 3.79. The van der Waals surface area contributed by atoms with Gasteiger partial charge in [-0.3, -0.25) is 0 Å². The Morgan fingerprint density at radius 1 is 1.45 bits per heavy atom. The Morgan fingerprint density at radius 3 is 2.27 bits per heavy atom. The second kappa shape index (κ2) is 4.69. The van der Waals surface area contributed by atoms with Gasteiger partial charge in [-0.05, 0) is 12.8 Å². The van der Waals surface area contributed by atoms with Crippen LogP contribution in [0.5, 0.6) is 0 Å². The predicted molar refractivity (Wildman–Crippen MR) is 45.2 cm³/mol. The molecule has 3 N–H and O–H groups in total. The SMILES string of the molecule is CCCC(CC)NS(N)(=O)=O. The highest BCUT2D eigenvalue weighted by Gasteiger charge is 2.10. The molecule has 0 spiro atoms. The number of rotatable bonds is 5. The Morgan fingerprint density at radius 2 is 2.00 bits per heavy atom. The molecule has 1 unspecified atom stereocenters. The van der Waals surface area contributed by atoms with Gasteiger partial charge in [0, 0.05) is 6.04 Å². The van der Waals surface area contributed by atoms with Crippen molar-refractivity contribution in [3.05, 3.63) is 0 Å². The van der Waals surface area contributed by atoms with Crippen LogP contribution in [-0.2, 0) is 10.2 Å². The van der Waals surface area contributed by atoms with E-state index in [2.05, 4.69) is 4.72 Å². The third-order valence-corrected chi connectivity index (χ3v) is 2.12. The summed E-state index contributed by atoms with van der Waals surface area (Å²) in [6.07, 6.45) is 2.58. The fourth-order valence-corrected chi connectivity index (χ4v) is 1.68. The molecule has 0 heterocycles. The van der Waals surface area contributed by atoms with E-state index in [1.165, 1.54) is 0 Å². The second-order valence-corrected chi connectivity index (χ2v) is 3.88. The van der Waals surface area contributed by atoms with Crippen LogP contribution in [0, 0.1) is 0 Å². The van der Waals surface area contributed by atoms with Crippen LogP contribution in [0.15, 0.2) is 0 Å². The maximum atomic E-state index is 10.5. The number of nitrogens with two attached hydrogens (primary N) is 1. The van der Waals surface area contributed by atoms with Gasteiger partial charge in [-0.2, -0.15) is 13.1 Å². The number of hydrogen-bond donors (Lipinski definition) is 2. The molecule has 4 nitrogen and oxygen atoms in total. The van der Waals surface area contributed by atoms with Crippen LogP contribution in [0.1, 0.15) is 33.1 Å². The van der Waals surface area contributed by atoms with Crippen LogP contribution in [-0.4, -0.2) is 14.5 Å². The molecule has 0 aromatic heterocycles. The van der Waals surface area contributed by atoms with Gasteiger partial charge < -0.3 is 0 Å². The van der Waals surface area contributed by atoms with E-state index in [0.29, 0.717) is 0 Å². The van der Waals surface area contributed by atoms with Crippen molar-refractivity contribution in [2.45, 2.75) is 39.2 Å². The van der Waals surface area contributed by atoms with Crippen molar-refractivity contribution in [3.63, 3.8) is 0 Å². The fraction of sp³-hybridized carbons (Fsp3) is 1.00. The molecule has 68 valence electrons. The molecule has 1 atom stereocenters. The fourth-order valence-electron chi connectivity index (χ4n) is 0.927. The molecule has 0 aromatic carbocycles. The van der Waals surface area contributed by atoms with Crippen molar-refractivity contribution in [3.8, 4) is 0 Å². The molecule has 5 heteroatoms. The third-order valence-electron chi connectivity index (χ3n) is 1.46. The first-order valence-corrected chi connectivity index (χ1v) is 5.34. The van der Waals surface area contributed by atoms with Gasteiger partial charge in [0.1, 0.15) is 0 Å². The molecule has 0 amide bonds. The van der Waals surface area contributed by atoms with Crippen LogP contribution in [0.25, 0.3) is 0 Å². The normalized spacial score (nSPS) is 14.8. The monoisotopic (exact) mass is 180 g/mol. The van der Waals surface area contributed by atoms with E-state index >= 15 is 0 Å². The second-order valence-electron chi connectivity index (χ2n) is 2.56. The minimum atomic E-state index is -3.51. The van der Waals surface area contributed by atoms with Gasteiger partial charge in [0.2, 0.25) is 0 Å². The Hall–Kier alpha value is -0.130. The van der Waals surface area contributed by atoms with Gasteiger partial charge in [-0.1, -0.05) is 20.3 Å². The molecule has 0 aliphatic heterocycles. The van der Waals surface area contributed by atoms with Crippen LogP contribution in [0.2, 0.25) is 0 Å². The van der Waals surface area contributed by atoms with Gasteiger partial charge in [0.15, 0.2) is 0 Å². The molecule has 0 rings (SSSR count). The van der Waals surface area contributed by atoms with Gasteiger partial charge in [-0.25, -0.2) is 5.14 Å². The van der Waals surface area contributed by atoms with Crippen LogP contribution < -0.4 is 9.86 Å². The van der Waals surface area contributed by atoms with E-state index in [1.54, 1.807) is 0 Å². The highest BCUT2D eigenvalue weighted by Crippen LogP contribution is 2.00. The number of nitrogens with one attached hydrogen (secondary N) is 1. The summed E-state index contributed by atoms with van der Waals surface area (Å²) in [5.74, 6) is 0. The molecule has 0 aliphatic rings. The van der Waals surface area contributed by atoms with Crippen LogP contribution >= 0.6 is 0 Å². The van der Waals surface area contributed by atoms with Crippen molar-refractivity contribution in [1.29, 1.82) is 0 Å². The average Bonchev–Trinajstić information content (AvgIpc) is 1.84. The van der Waals surface area contributed by atoms with Gasteiger partial charge in [0.25, 0.3) is 10.2 Å². The maximum Gasteiger partial charge on any atom is 0.274 e. The lowest BCUT2D eigenvalue weighted by Crippen LogP contribution is -2.38. The van der Waals surface area contributed by atoms with Crippen molar-refractivity contribution in [2.24, 2.45) is 5.14 Å². The highest BCUT2D eigenvalue weighted by atomic mass is 32.2. The van der Waals surface area contributed by atoms with E-state index in [4.69, 9.17) is 5.14 Å². The summed E-state index contributed by atoms with van der Waals surface area (Å²) in [7, 11) is -3.51. The van der Waals surface area contributed by atoms with Crippen LogP contribution in [0.4, 0.5) is 0 Å². The van der Waals surface area contributed by atoms with E-state index in [1.807, 2.05) is 13.8 Å². The minimum absolute atomic E-state index is 0.00463. The molecule has 0 aromatic rings. The van der Waals surface area contributed by atoms with E-state index in [0.717, 1.165) is 19.3 Å². The van der Waals surface area contributed by atoms with E-state index in [9.17, 15) is 8.42 Å². The summed E-state index contributed by atoms with van der Waals surface area (Å²) in [5, 5.41) is 4.80. The average molecular weight is 180 g/mol. The van der Waals surface area contributed by atoms with Crippen molar-refractivity contribution in [1.82, 2.24) is 4.72 Å². The van der Waals surface area contributed by atoms with E-state index < -0.39 is 10.2 Å². The maximum absolute atomic E-state index is 10.5. The Bertz CT molecular complexity index is 189. The summed E-state index contributed by atoms with van der Waals surface area (Å²) in [4.78, 5) is 0. The van der Waals surface area contributed by atoms with Gasteiger partial charge in [-0.15, -0.1) is 0 Å². The van der Waals surface area contributed by atoms with Crippen LogP contribution in [0.3, 0.4) is 0 Å². The minimum Gasteiger partial charge on any atom is -0.216 e. The quantitative estimate of drug-likeness (QED) is 0.641. The van der Waals surface area contributed by atoms with E-state index in [-0.39, 0.29) is 6.04 Å². The molecule has 0 saturated carbocycles. The standard InChI is InChI=1S/C6H16N2O2S/c1-3-5-6(4-2)8-11(7,9)10/h6,8H,3-5H2,1-2H3,(H2,7,9,10). The van der Waals surface area contributed by atoms with Crippen molar-refractivity contribution >= 4 is 10.2 Å². The molecule has 0 aliphatic carbocycles. The lowest BCUT2D eigenvalue weighted by molar-refractivity contribution is 0.513. The Kier molecular flexibility index (Phi) is 4.63. The number of hydrogen-bond acceptors (Lipinski definition) is 2.